The van der Waals surface area contributed by atoms with E-state index in [0.29, 0.717) is 31.2 Å². The van der Waals surface area contributed by atoms with Crippen molar-refractivity contribution >= 4 is 27.3 Å². The van der Waals surface area contributed by atoms with Gasteiger partial charge in [-0.1, -0.05) is 23.7 Å². The summed E-state index contributed by atoms with van der Waals surface area (Å²) in [4.78, 5) is 2.16. The number of nitrogens with one attached hydrogen (secondary N) is 1. The lowest BCUT2D eigenvalue weighted by Crippen LogP contribution is -2.50. The van der Waals surface area contributed by atoms with Gasteiger partial charge in [0.1, 0.15) is 5.25 Å². The highest BCUT2D eigenvalue weighted by Crippen LogP contribution is 2.28. The number of halogens is 1. The minimum absolute atomic E-state index is 0.0735. The largest absolute Gasteiger partial charge is 0.380 e. The average molecular weight is 345 g/mol. The van der Waals surface area contributed by atoms with E-state index in [9.17, 15) is 8.42 Å². The second kappa shape index (κ2) is 6.74. The molecule has 2 saturated heterocycles. The summed E-state index contributed by atoms with van der Waals surface area (Å²) in [5.74, 6) is 0. The highest BCUT2D eigenvalue weighted by atomic mass is 35.5. The molecule has 0 unspecified atom stereocenters. The first kappa shape index (κ1) is 16.1. The van der Waals surface area contributed by atoms with Crippen LogP contribution in [0.5, 0.6) is 0 Å². The average Bonchev–Trinajstić information content (AvgIpc) is 3.03. The zero-order valence-electron chi connectivity index (χ0n) is 12.4. The number of ether oxygens (including phenoxy) is 1. The van der Waals surface area contributed by atoms with Crippen LogP contribution in [-0.4, -0.2) is 46.0 Å². The van der Waals surface area contributed by atoms with Gasteiger partial charge in [0.2, 0.25) is 10.0 Å². The molecular weight excluding hydrogens is 324 g/mol. The molecule has 2 fully saturated rings. The fourth-order valence-electron chi connectivity index (χ4n) is 3.09. The molecule has 0 radical (unpaired) electrons. The van der Waals surface area contributed by atoms with E-state index in [2.05, 4.69) is 9.62 Å². The fraction of sp³-hybridized carbons (Fsp3) is 0.600. The number of nitrogens with zero attached hydrogens (tertiary/aromatic N) is 1. The summed E-state index contributed by atoms with van der Waals surface area (Å²) in [6.07, 6.45) is 2.38. The lowest BCUT2D eigenvalue weighted by atomic mass is 10.1. The van der Waals surface area contributed by atoms with Gasteiger partial charge in [0, 0.05) is 25.7 Å². The zero-order chi connectivity index (χ0) is 15.6. The molecule has 122 valence electrons. The molecule has 0 saturated carbocycles. The molecule has 0 amide bonds. The quantitative estimate of drug-likeness (QED) is 0.907. The topological polar surface area (TPSA) is 58.6 Å². The normalized spacial score (nSPS) is 26.3. The van der Waals surface area contributed by atoms with Crippen molar-refractivity contribution in [2.45, 2.75) is 30.6 Å². The van der Waals surface area contributed by atoms with Gasteiger partial charge in [-0.15, -0.1) is 0 Å². The Labute approximate surface area is 136 Å². The molecule has 0 aliphatic carbocycles. The smallest absolute Gasteiger partial charge is 0.217 e. The Hall–Kier alpha value is -0.820. The van der Waals surface area contributed by atoms with Gasteiger partial charge in [0.05, 0.1) is 17.3 Å². The summed E-state index contributed by atoms with van der Waals surface area (Å²) in [6.45, 7) is 2.38. The first-order chi connectivity index (χ1) is 10.6. The molecular formula is C15H21ClN2O3S. The van der Waals surface area contributed by atoms with Crippen molar-refractivity contribution in [3.8, 4) is 0 Å². The van der Waals surface area contributed by atoms with E-state index >= 15 is 0 Å². The molecule has 0 bridgehead atoms. The van der Waals surface area contributed by atoms with Crippen molar-refractivity contribution in [1.82, 2.24) is 4.72 Å². The van der Waals surface area contributed by atoms with Crippen LogP contribution in [0, 0.1) is 0 Å². The molecule has 2 aliphatic rings. The van der Waals surface area contributed by atoms with Crippen LogP contribution in [0.1, 0.15) is 19.3 Å². The standard InChI is InChI=1S/C15H21ClN2O3S/c16-14-5-1-2-6-15(14)18-8-3-4-12(10-18)17-22(19,20)13-7-9-21-11-13/h1-2,5-6,12-13,17H,3-4,7-11H2/t12-,13-/m1/s1. The second-order valence-electron chi connectivity index (χ2n) is 5.89. The number of benzene rings is 1. The number of rotatable bonds is 4. The van der Waals surface area contributed by atoms with E-state index < -0.39 is 15.3 Å². The van der Waals surface area contributed by atoms with Gasteiger partial charge >= 0.3 is 0 Å². The van der Waals surface area contributed by atoms with E-state index in [-0.39, 0.29) is 6.04 Å². The van der Waals surface area contributed by atoms with Crippen LogP contribution < -0.4 is 9.62 Å². The SMILES string of the molecule is O=S(=O)(N[C@@H]1CCCN(c2ccccc2Cl)C1)[C@@H]1CCOC1. The molecule has 2 atom stereocenters. The fourth-order valence-corrected chi connectivity index (χ4v) is 4.87. The summed E-state index contributed by atoms with van der Waals surface area (Å²) in [5, 5.41) is 0.290. The van der Waals surface area contributed by atoms with Gasteiger partial charge < -0.3 is 9.64 Å². The summed E-state index contributed by atoms with van der Waals surface area (Å²) in [7, 11) is -3.31. The maximum Gasteiger partial charge on any atom is 0.217 e. The minimum Gasteiger partial charge on any atom is -0.380 e. The predicted molar refractivity (Wildman–Crippen MR) is 88.0 cm³/mol. The summed E-state index contributed by atoms with van der Waals surface area (Å²) in [6, 6.07) is 7.61. The number of para-hydroxylation sites is 1. The molecule has 7 heteroatoms. The summed E-state index contributed by atoms with van der Waals surface area (Å²) < 4.78 is 32.8. The van der Waals surface area contributed by atoms with Crippen LogP contribution in [0.3, 0.4) is 0 Å². The minimum atomic E-state index is -3.31. The van der Waals surface area contributed by atoms with Crippen molar-refractivity contribution < 1.29 is 13.2 Å². The van der Waals surface area contributed by atoms with Crippen molar-refractivity contribution in [3.05, 3.63) is 29.3 Å². The van der Waals surface area contributed by atoms with E-state index in [1.165, 1.54) is 0 Å². The van der Waals surface area contributed by atoms with Crippen LogP contribution in [0.2, 0.25) is 5.02 Å². The number of piperidine rings is 1. The third-order valence-electron chi connectivity index (χ3n) is 4.27. The maximum atomic E-state index is 12.4. The molecule has 0 spiro atoms. The van der Waals surface area contributed by atoms with Gasteiger partial charge in [0.25, 0.3) is 0 Å². The number of hydrogen-bond acceptors (Lipinski definition) is 4. The Morgan fingerprint density at radius 3 is 2.82 bits per heavy atom. The molecule has 0 aromatic heterocycles. The monoisotopic (exact) mass is 344 g/mol. The van der Waals surface area contributed by atoms with Crippen molar-refractivity contribution in [3.63, 3.8) is 0 Å². The van der Waals surface area contributed by atoms with E-state index in [0.717, 1.165) is 25.1 Å². The highest BCUT2D eigenvalue weighted by Gasteiger charge is 2.33. The van der Waals surface area contributed by atoms with Crippen LogP contribution in [0.15, 0.2) is 24.3 Å². The molecule has 2 aliphatic heterocycles. The van der Waals surface area contributed by atoms with Crippen LogP contribution in [0.25, 0.3) is 0 Å². The molecule has 1 aromatic rings. The van der Waals surface area contributed by atoms with Crippen LogP contribution >= 0.6 is 11.6 Å². The van der Waals surface area contributed by atoms with Gasteiger partial charge in [-0.2, -0.15) is 0 Å². The summed E-state index contributed by atoms with van der Waals surface area (Å²) in [5.41, 5.74) is 0.970. The van der Waals surface area contributed by atoms with Crippen molar-refractivity contribution in [1.29, 1.82) is 0 Å². The Balaban J connectivity index is 1.67. The highest BCUT2D eigenvalue weighted by molar-refractivity contribution is 7.90. The third kappa shape index (κ3) is 3.56. The summed E-state index contributed by atoms with van der Waals surface area (Å²) >= 11 is 6.25. The van der Waals surface area contributed by atoms with Gasteiger partial charge in [-0.05, 0) is 31.4 Å². The predicted octanol–water partition coefficient (Wildman–Crippen LogP) is 2.02. The van der Waals surface area contributed by atoms with E-state index in [4.69, 9.17) is 16.3 Å². The molecule has 1 N–H and O–H groups in total. The van der Waals surface area contributed by atoms with Gasteiger partial charge in [-0.25, -0.2) is 13.1 Å². The second-order valence-corrected chi connectivity index (χ2v) is 8.28. The zero-order valence-corrected chi connectivity index (χ0v) is 13.9. The Morgan fingerprint density at radius 1 is 1.27 bits per heavy atom. The first-order valence-corrected chi connectivity index (χ1v) is 9.57. The number of sulfonamides is 1. The van der Waals surface area contributed by atoms with Gasteiger partial charge in [-0.3, -0.25) is 0 Å². The number of hydrogen-bond donors (Lipinski definition) is 1. The number of anilines is 1. The van der Waals surface area contributed by atoms with Crippen LogP contribution in [0.4, 0.5) is 5.69 Å². The van der Waals surface area contributed by atoms with E-state index in [1.54, 1.807) is 0 Å². The Bertz CT molecular complexity index is 617. The molecule has 5 nitrogen and oxygen atoms in total. The molecule has 2 heterocycles. The lowest BCUT2D eigenvalue weighted by molar-refractivity contribution is 0.198. The van der Waals surface area contributed by atoms with Gasteiger partial charge in [0.15, 0.2) is 0 Å². The Kier molecular flexibility index (Phi) is 4.92. The molecule has 1 aromatic carbocycles. The molecule has 22 heavy (non-hydrogen) atoms. The van der Waals surface area contributed by atoms with E-state index in [1.807, 2.05) is 24.3 Å². The lowest BCUT2D eigenvalue weighted by Gasteiger charge is -2.35. The van der Waals surface area contributed by atoms with Crippen molar-refractivity contribution in [2.75, 3.05) is 31.2 Å². The Morgan fingerprint density at radius 2 is 2.09 bits per heavy atom. The third-order valence-corrected chi connectivity index (χ3v) is 6.50. The molecule has 3 rings (SSSR count). The first-order valence-electron chi connectivity index (χ1n) is 7.64. The van der Waals surface area contributed by atoms with Crippen molar-refractivity contribution in [2.24, 2.45) is 0 Å². The maximum absolute atomic E-state index is 12.4. The van der Waals surface area contributed by atoms with Crippen LogP contribution in [-0.2, 0) is 14.8 Å².